The van der Waals surface area contributed by atoms with E-state index in [-0.39, 0.29) is 0 Å². The van der Waals surface area contributed by atoms with E-state index in [4.69, 9.17) is 27.9 Å². The minimum Gasteiger partial charge on any atom is -0.492 e. The van der Waals surface area contributed by atoms with Crippen LogP contribution in [0.15, 0.2) is 48.5 Å². The summed E-state index contributed by atoms with van der Waals surface area (Å²) in [5.41, 5.74) is 1.77. The van der Waals surface area contributed by atoms with Crippen LogP contribution in [0.2, 0.25) is 5.02 Å². The number of halogens is 2. The van der Waals surface area contributed by atoms with Crippen molar-refractivity contribution >= 4 is 34.2 Å². The Bertz CT molecular complexity index is 741. The molecule has 0 N–H and O–H groups in total. The van der Waals surface area contributed by atoms with Crippen molar-refractivity contribution in [2.24, 2.45) is 0 Å². The fourth-order valence-electron chi connectivity index (χ4n) is 2.28. The zero-order chi connectivity index (χ0) is 14.7. The average molecular weight is 321 g/mol. The van der Waals surface area contributed by atoms with Gasteiger partial charge in [0.25, 0.3) is 0 Å². The highest BCUT2D eigenvalue weighted by Crippen LogP contribution is 2.24. The molecule has 3 rings (SSSR count). The third-order valence-corrected chi connectivity index (χ3v) is 3.80. The number of rotatable bonds is 5. The first-order valence-corrected chi connectivity index (χ1v) is 7.58. The first-order chi connectivity index (χ1) is 10.3. The number of fused-ring (bicyclic) bond motifs is 1. The zero-order valence-corrected chi connectivity index (χ0v) is 12.8. The van der Waals surface area contributed by atoms with Gasteiger partial charge in [-0.1, -0.05) is 35.9 Å². The molecule has 0 saturated heterocycles. The minimum atomic E-state index is 0.344. The van der Waals surface area contributed by atoms with Gasteiger partial charge in [0.2, 0.25) is 0 Å². The Kier molecular flexibility index (Phi) is 4.32. The highest BCUT2D eigenvalue weighted by atomic mass is 35.5. The number of imidazole rings is 1. The molecule has 0 amide bonds. The lowest BCUT2D eigenvalue weighted by Gasteiger charge is -2.09. The van der Waals surface area contributed by atoms with Crippen molar-refractivity contribution in [1.29, 1.82) is 0 Å². The lowest BCUT2D eigenvalue weighted by atomic mass is 10.3. The van der Waals surface area contributed by atoms with Crippen molar-refractivity contribution in [3.05, 3.63) is 59.4 Å². The third kappa shape index (κ3) is 2.99. The van der Waals surface area contributed by atoms with Crippen LogP contribution in [0.3, 0.4) is 0 Å². The molecule has 3 nitrogen and oxygen atoms in total. The van der Waals surface area contributed by atoms with Gasteiger partial charge in [-0.2, -0.15) is 0 Å². The summed E-state index contributed by atoms with van der Waals surface area (Å²) in [5.74, 6) is 2.00. The quantitative estimate of drug-likeness (QED) is 0.647. The van der Waals surface area contributed by atoms with Gasteiger partial charge >= 0.3 is 0 Å². The van der Waals surface area contributed by atoms with E-state index in [2.05, 4.69) is 9.55 Å². The molecule has 1 heterocycles. The van der Waals surface area contributed by atoms with E-state index >= 15 is 0 Å². The lowest BCUT2D eigenvalue weighted by molar-refractivity contribution is 0.299. The lowest BCUT2D eigenvalue weighted by Crippen LogP contribution is -2.10. The molecule has 21 heavy (non-hydrogen) atoms. The van der Waals surface area contributed by atoms with Crippen molar-refractivity contribution < 1.29 is 4.74 Å². The first kappa shape index (κ1) is 14.2. The zero-order valence-electron chi connectivity index (χ0n) is 11.3. The molecule has 0 radical (unpaired) electrons. The summed E-state index contributed by atoms with van der Waals surface area (Å²) < 4.78 is 7.79. The second kappa shape index (κ2) is 6.37. The maximum atomic E-state index is 6.18. The van der Waals surface area contributed by atoms with Gasteiger partial charge < -0.3 is 9.30 Å². The van der Waals surface area contributed by atoms with Gasteiger partial charge in [-0.05, 0) is 24.3 Å². The van der Waals surface area contributed by atoms with Crippen LogP contribution in [-0.4, -0.2) is 16.2 Å². The summed E-state index contributed by atoms with van der Waals surface area (Å²) in [5, 5.41) is 0.640. The fourth-order valence-corrected chi connectivity index (χ4v) is 2.70. The van der Waals surface area contributed by atoms with E-state index in [0.717, 1.165) is 22.6 Å². The molecule has 0 atom stereocenters. The Morgan fingerprint density at radius 1 is 1.05 bits per heavy atom. The van der Waals surface area contributed by atoms with Crippen molar-refractivity contribution in [2.75, 3.05) is 6.61 Å². The summed E-state index contributed by atoms with van der Waals surface area (Å²) in [6.07, 6.45) is 0. The molecular formula is C16H14Cl2N2O. The highest BCUT2D eigenvalue weighted by Gasteiger charge is 2.12. The molecule has 0 bridgehead atoms. The number of para-hydroxylation sites is 2. The number of hydrogen-bond donors (Lipinski definition) is 0. The molecule has 0 spiro atoms. The largest absolute Gasteiger partial charge is 0.492 e. The Morgan fingerprint density at radius 3 is 2.62 bits per heavy atom. The summed E-state index contributed by atoms with van der Waals surface area (Å²) >= 11 is 12.2. The third-order valence-electron chi connectivity index (χ3n) is 3.26. The van der Waals surface area contributed by atoms with Crippen molar-refractivity contribution in [3.8, 4) is 5.75 Å². The summed E-state index contributed by atoms with van der Waals surface area (Å²) in [6, 6.07) is 15.5. The standard InChI is InChI=1S/C16H14Cl2N2O/c17-11-15-19-16-13(18)7-4-8-14(16)20(15)9-10-21-12-5-2-1-3-6-12/h1-8H,9-11H2. The van der Waals surface area contributed by atoms with Crippen LogP contribution in [-0.2, 0) is 12.4 Å². The number of alkyl halides is 1. The van der Waals surface area contributed by atoms with E-state index in [1.807, 2.05) is 48.5 Å². The maximum Gasteiger partial charge on any atom is 0.125 e. The summed E-state index contributed by atoms with van der Waals surface area (Å²) in [6.45, 7) is 1.22. The normalized spacial score (nSPS) is 11.0. The topological polar surface area (TPSA) is 27.1 Å². The predicted octanol–water partition coefficient (Wildman–Crippen LogP) is 4.51. The van der Waals surface area contributed by atoms with Gasteiger partial charge in [0.05, 0.1) is 23.0 Å². The number of aromatic nitrogens is 2. The molecule has 2 aromatic carbocycles. The Morgan fingerprint density at radius 2 is 1.86 bits per heavy atom. The van der Waals surface area contributed by atoms with E-state index in [0.29, 0.717) is 24.1 Å². The molecule has 0 aliphatic carbocycles. The first-order valence-electron chi connectivity index (χ1n) is 6.67. The van der Waals surface area contributed by atoms with Crippen LogP contribution >= 0.6 is 23.2 Å². The molecule has 0 fully saturated rings. The molecular weight excluding hydrogens is 307 g/mol. The molecule has 0 aliphatic heterocycles. The van der Waals surface area contributed by atoms with E-state index in [9.17, 15) is 0 Å². The number of hydrogen-bond acceptors (Lipinski definition) is 2. The summed E-state index contributed by atoms with van der Waals surface area (Å²) in [7, 11) is 0. The Labute approximate surface area is 133 Å². The molecule has 3 aromatic rings. The van der Waals surface area contributed by atoms with E-state index in [1.165, 1.54) is 0 Å². The maximum absolute atomic E-state index is 6.18. The van der Waals surface area contributed by atoms with Crippen LogP contribution in [0.25, 0.3) is 11.0 Å². The average Bonchev–Trinajstić information content (AvgIpc) is 2.88. The SMILES string of the molecule is ClCc1nc2c(Cl)cccc2n1CCOc1ccccc1. The van der Waals surface area contributed by atoms with Gasteiger partial charge in [0.1, 0.15) is 23.7 Å². The predicted molar refractivity (Wildman–Crippen MR) is 86.2 cm³/mol. The molecule has 108 valence electrons. The van der Waals surface area contributed by atoms with Gasteiger partial charge in [0.15, 0.2) is 0 Å². The molecule has 5 heteroatoms. The van der Waals surface area contributed by atoms with Gasteiger partial charge in [-0.15, -0.1) is 11.6 Å². The molecule has 1 aromatic heterocycles. The van der Waals surface area contributed by atoms with Crippen LogP contribution in [0.4, 0.5) is 0 Å². The molecule has 0 aliphatic rings. The number of benzene rings is 2. The van der Waals surface area contributed by atoms with Crippen LogP contribution in [0, 0.1) is 0 Å². The molecule has 0 unspecified atom stereocenters. The van der Waals surface area contributed by atoms with Gasteiger partial charge in [-0.3, -0.25) is 0 Å². The highest BCUT2D eigenvalue weighted by molar-refractivity contribution is 6.35. The van der Waals surface area contributed by atoms with Crippen LogP contribution in [0.5, 0.6) is 5.75 Å². The van der Waals surface area contributed by atoms with E-state index < -0.39 is 0 Å². The van der Waals surface area contributed by atoms with Crippen LogP contribution in [0.1, 0.15) is 5.82 Å². The van der Waals surface area contributed by atoms with Crippen molar-refractivity contribution in [2.45, 2.75) is 12.4 Å². The van der Waals surface area contributed by atoms with Gasteiger partial charge in [0, 0.05) is 0 Å². The Hall–Kier alpha value is -1.71. The minimum absolute atomic E-state index is 0.344. The smallest absolute Gasteiger partial charge is 0.125 e. The monoisotopic (exact) mass is 320 g/mol. The van der Waals surface area contributed by atoms with Crippen molar-refractivity contribution in [3.63, 3.8) is 0 Å². The molecule has 0 saturated carbocycles. The Balaban J connectivity index is 1.81. The second-order valence-corrected chi connectivity index (χ2v) is 5.26. The van der Waals surface area contributed by atoms with E-state index in [1.54, 1.807) is 0 Å². The fraction of sp³-hybridized carbons (Fsp3) is 0.188. The number of ether oxygens (including phenoxy) is 1. The summed E-state index contributed by atoms with van der Waals surface area (Å²) in [4.78, 5) is 4.50. The van der Waals surface area contributed by atoms with Crippen molar-refractivity contribution in [1.82, 2.24) is 9.55 Å². The van der Waals surface area contributed by atoms with Crippen LogP contribution < -0.4 is 4.74 Å². The van der Waals surface area contributed by atoms with Gasteiger partial charge in [-0.25, -0.2) is 4.98 Å². The second-order valence-electron chi connectivity index (χ2n) is 4.58. The number of nitrogens with zero attached hydrogens (tertiary/aromatic N) is 2.